The van der Waals surface area contributed by atoms with Crippen LogP contribution < -0.4 is 10.1 Å². The van der Waals surface area contributed by atoms with Crippen molar-refractivity contribution in [1.29, 1.82) is 0 Å². The molecule has 1 unspecified atom stereocenters. The number of nitrogens with one attached hydrogen (secondary N) is 1. The Labute approximate surface area is 100.0 Å². The summed E-state index contributed by atoms with van der Waals surface area (Å²) in [6.45, 7) is -0.0704. The number of alkyl halides is 2. The summed E-state index contributed by atoms with van der Waals surface area (Å²) in [7, 11) is 0. The zero-order valence-corrected chi connectivity index (χ0v) is 9.62. The van der Waals surface area contributed by atoms with Gasteiger partial charge in [-0.25, -0.2) is 0 Å². The molecule has 0 amide bonds. The molecule has 0 heterocycles. The number of rotatable bonds is 6. The van der Waals surface area contributed by atoms with Crippen LogP contribution in [0.3, 0.4) is 0 Å². The van der Waals surface area contributed by atoms with Gasteiger partial charge < -0.3 is 10.1 Å². The van der Waals surface area contributed by atoms with Crippen LogP contribution in [0, 0.1) is 12.3 Å². The van der Waals surface area contributed by atoms with Gasteiger partial charge in [0.1, 0.15) is 5.75 Å². The van der Waals surface area contributed by atoms with Gasteiger partial charge in [0, 0.05) is 19.0 Å². The molecule has 0 aliphatic heterocycles. The fourth-order valence-electron chi connectivity index (χ4n) is 1.42. The Morgan fingerprint density at radius 3 is 2.53 bits per heavy atom. The first kappa shape index (κ1) is 13.5. The summed E-state index contributed by atoms with van der Waals surface area (Å²) in [6, 6.07) is 6.70. The van der Waals surface area contributed by atoms with Gasteiger partial charge >= 0.3 is 6.61 Å². The zero-order valence-electron chi connectivity index (χ0n) is 9.62. The van der Waals surface area contributed by atoms with E-state index >= 15 is 0 Å². The van der Waals surface area contributed by atoms with E-state index in [0.29, 0.717) is 6.42 Å². The van der Waals surface area contributed by atoms with E-state index in [1.54, 1.807) is 12.1 Å². The molecule has 0 radical (unpaired) electrons. The fourth-order valence-corrected chi connectivity index (χ4v) is 1.42. The van der Waals surface area contributed by atoms with E-state index in [0.717, 1.165) is 12.1 Å². The van der Waals surface area contributed by atoms with E-state index in [2.05, 4.69) is 16.0 Å². The molecular formula is C13H15F2NO. The summed E-state index contributed by atoms with van der Waals surface area (Å²) in [5, 5.41) is 3.23. The van der Waals surface area contributed by atoms with Crippen molar-refractivity contribution >= 4 is 0 Å². The van der Waals surface area contributed by atoms with E-state index in [1.165, 1.54) is 12.1 Å². The highest BCUT2D eigenvalue weighted by molar-refractivity contribution is 5.28. The molecule has 1 N–H and O–H groups in total. The van der Waals surface area contributed by atoms with Crippen molar-refractivity contribution in [3.63, 3.8) is 0 Å². The molecule has 1 rings (SSSR count). The van der Waals surface area contributed by atoms with Crippen LogP contribution in [0.15, 0.2) is 24.3 Å². The standard InChI is InChI=1S/C13H15F2NO/c1-3-4-9-16-10(2)11-5-7-12(8-6-11)17-13(14)15/h1,5-8,10,13,16H,4,9H2,2H3. The number of ether oxygens (including phenoxy) is 1. The van der Waals surface area contributed by atoms with Crippen LogP contribution >= 0.6 is 0 Å². The second-order valence-corrected chi connectivity index (χ2v) is 3.58. The van der Waals surface area contributed by atoms with Gasteiger partial charge in [0.15, 0.2) is 0 Å². The van der Waals surface area contributed by atoms with Crippen LogP contribution in [0.5, 0.6) is 5.75 Å². The highest BCUT2D eigenvalue weighted by Gasteiger charge is 2.06. The third-order valence-corrected chi connectivity index (χ3v) is 2.33. The number of terminal acetylenes is 1. The summed E-state index contributed by atoms with van der Waals surface area (Å²) >= 11 is 0. The maximum atomic E-state index is 11.9. The molecule has 0 bridgehead atoms. The van der Waals surface area contributed by atoms with Crippen molar-refractivity contribution in [2.24, 2.45) is 0 Å². The molecule has 1 aromatic carbocycles. The summed E-state index contributed by atoms with van der Waals surface area (Å²) in [6.07, 6.45) is 5.81. The number of benzene rings is 1. The molecule has 0 saturated carbocycles. The topological polar surface area (TPSA) is 21.3 Å². The maximum Gasteiger partial charge on any atom is 0.387 e. The summed E-state index contributed by atoms with van der Waals surface area (Å²) in [5.74, 6) is 2.71. The Morgan fingerprint density at radius 1 is 1.35 bits per heavy atom. The molecule has 4 heteroatoms. The molecule has 1 atom stereocenters. The van der Waals surface area contributed by atoms with Crippen LogP contribution in [0.25, 0.3) is 0 Å². The smallest absolute Gasteiger partial charge is 0.387 e. The quantitative estimate of drug-likeness (QED) is 0.608. The van der Waals surface area contributed by atoms with Crippen LogP contribution in [-0.2, 0) is 0 Å². The van der Waals surface area contributed by atoms with Crippen molar-refractivity contribution < 1.29 is 13.5 Å². The van der Waals surface area contributed by atoms with E-state index in [1.807, 2.05) is 6.92 Å². The minimum absolute atomic E-state index is 0.129. The van der Waals surface area contributed by atoms with Gasteiger partial charge in [-0.05, 0) is 24.6 Å². The number of hydrogen-bond donors (Lipinski definition) is 1. The second kappa shape index (κ2) is 6.87. The predicted molar refractivity (Wildman–Crippen MR) is 62.9 cm³/mol. The van der Waals surface area contributed by atoms with E-state index in [9.17, 15) is 8.78 Å². The molecule has 92 valence electrons. The lowest BCUT2D eigenvalue weighted by molar-refractivity contribution is -0.0498. The molecule has 2 nitrogen and oxygen atoms in total. The van der Waals surface area contributed by atoms with E-state index in [4.69, 9.17) is 6.42 Å². The molecule has 0 fully saturated rings. The Balaban J connectivity index is 2.52. The van der Waals surface area contributed by atoms with Crippen molar-refractivity contribution in [3.8, 4) is 18.1 Å². The molecule has 1 aromatic rings. The van der Waals surface area contributed by atoms with Gasteiger partial charge in [-0.2, -0.15) is 8.78 Å². The summed E-state index contributed by atoms with van der Waals surface area (Å²) in [5.41, 5.74) is 1.00. The lowest BCUT2D eigenvalue weighted by Gasteiger charge is -2.14. The van der Waals surface area contributed by atoms with Gasteiger partial charge in [0.2, 0.25) is 0 Å². The minimum atomic E-state index is -2.79. The van der Waals surface area contributed by atoms with Crippen molar-refractivity contribution in [2.75, 3.05) is 6.54 Å². The Kier molecular flexibility index (Phi) is 5.44. The lowest BCUT2D eigenvalue weighted by atomic mass is 10.1. The molecule has 17 heavy (non-hydrogen) atoms. The third-order valence-electron chi connectivity index (χ3n) is 2.33. The average Bonchev–Trinajstić information content (AvgIpc) is 2.29. The van der Waals surface area contributed by atoms with Crippen LogP contribution in [0.1, 0.15) is 24.9 Å². The first-order valence-electron chi connectivity index (χ1n) is 5.35. The molecular weight excluding hydrogens is 224 g/mol. The van der Waals surface area contributed by atoms with Gasteiger partial charge in [-0.1, -0.05) is 12.1 Å². The number of halogens is 2. The highest BCUT2D eigenvalue weighted by Crippen LogP contribution is 2.18. The maximum absolute atomic E-state index is 11.9. The first-order chi connectivity index (χ1) is 8.13. The van der Waals surface area contributed by atoms with Gasteiger partial charge in [0.25, 0.3) is 0 Å². The van der Waals surface area contributed by atoms with Gasteiger partial charge in [-0.3, -0.25) is 0 Å². The largest absolute Gasteiger partial charge is 0.435 e. The second-order valence-electron chi connectivity index (χ2n) is 3.58. The van der Waals surface area contributed by atoms with E-state index < -0.39 is 6.61 Å². The molecule has 0 aliphatic carbocycles. The SMILES string of the molecule is C#CCCNC(C)c1ccc(OC(F)F)cc1. The third kappa shape index (κ3) is 4.83. The van der Waals surface area contributed by atoms with Crippen molar-refractivity contribution in [1.82, 2.24) is 5.32 Å². The van der Waals surface area contributed by atoms with Gasteiger partial charge in [-0.15, -0.1) is 12.3 Å². The van der Waals surface area contributed by atoms with Crippen LogP contribution in [0.2, 0.25) is 0 Å². The monoisotopic (exact) mass is 239 g/mol. The Morgan fingerprint density at radius 2 is 2.00 bits per heavy atom. The summed E-state index contributed by atoms with van der Waals surface area (Å²) < 4.78 is 28.1. The molecule has 0 aliphatic rings. The number of hydrogen-bond acceptors (Lipinski definition) is 2. The average molecular weight is 239 g/mol. The Hall–Kier alpha value is -1.60. The molecule has 0 saturated heterocycles. The minimum Gasteiger partial charge on any atom is -0.435 e. The lowest BCUT2D eigenvalue weighted by Crippen LogP contribution is -2.19. The van der Waals surface area contributed by atoms with Crippen molar-refractivity contribution in [3.05, 3.63) is 29.8 Å². The van der Waals surface area contributed by atoms with E-state index in [-0.39, 0.29) is 11.8 Å². The van der Waals surface area contributed by atoms with Crippen LogP contribution in [0.4, 0.5) is 8.78 Å². The highest BCUT2D eigenvalue weighted by atomic mass is 19.3. The van der Waals surface area contributed by atoms with Gasteiger partial charge in [0.05, 0.1) is 0 Å². The summed E-state index contributed by atoms with van der Waals surface area (Å²) in [4.78, 5) is 0. The predicted octanol–water partition coefficient (Wildman–Crippen LogP) is 2.96. The Bertz CT molecular complexity index is 370. The molecule has 0 spiro atoms. The normalized spacial score (nSPS) is 12.2. The first-order valence-corrected chi connectivity index (χ1v) is 5.35. The molecule has 0 aromatic heterocycles. The van der Waals surface area contributed by atoms with Crippen molar-refractivity contribution in [2.45, 2.75) is 26.0 Å². The van der Waals surface area contributed by atoms with Crippen LogP contribution in [-0.4, -0.2) is 13.2 Å². The zero-order chi connectivity index (χ0) is 12.7. The fraction of sp³-hybridized carbons (Fsp3) is 0.385.